The second kappa shape index (κ2) is 5.43. The van der Waals surface area contributed by atoms with E-state index in [9.17, 15) is 5.11 Å². The van der Waals surface area contributed by atoms with Crippen LogP contribution >= 0.6 is 0 Å². The van der Waals surface area contributed by atoms with Crippen molar-refractivity contribution < 1.29 is 5.11 Å². The normalized spacial score (nSPS) is 27.6. The molecule has 1 aliphatic rings. The summed E-state index contributed by atoms with van der Waals surface area (Å²) in [6, 6.07) is 10.3. The van der Waals surface area contributed by atoms with Gasteiger partial charge in [-0.2, -0.15) is 0 Å². The Morgan fingerprint density at radius 2 is 2.06 bits per heavy atom. The summed E-state index contributed by atoms with van der Waals surface area (Å²) >= 11 is 0. The highest BCUT2D eigenvalue weighted by Crippen LogP contribution is 2.13. The van der Waals surface area contributed by atoms with E-state index in [1.165, 1.54) is 5.56 Å². The molecule has 1 fully saturated rings. The van der Waals surface area contributed by atoms with E-state index in [0.29, 0.717) is 0 Å². The van der Waals surface area contributed by atoms with Crippen LogP contribution in [-0.4, -0.2) is 35.2 Å². The molecule has 0 bridgehead atoms. The van der Waals surface area contributed by atoms with Crippen molar-refractivity contribution in [3.05, 3.63) is 35.9 Å². The van der Waals surface area contributed by atoms with Gasteiger partial charge in [0, 0.05) is 19.1 Å². The molecule has 1 heterocycles. The predicted octanol–water partition coefficient (Wildman–Crippen LogP) is 0.971. The Hall–Kier alpha value is -0.900. The van der Waals surface area contributed by atoms with Gasteiger partial charge in [0.05, 0.1) is 6.10 Å². The van der Waals surface area contributed by atoms with E-state index in [1.807, 2.05) is 6.07 Å². The molecule has 1 saturated heterocycles. The SMILES string of the molecule is N[C@H]1CN(Cc2ccccc2)CCC[C@H]1O. The Kier molecular flexibility index (Phi) is 3.93. The number of hydrogen-bond acceptors (Lipinski definition) is 3. The van der Waals surface area contributed by atoms with E-state index < -0.39 is 0 Å². The lowest BCUT2D eigenvalue weighted by atomic mass is 10.1. The fraction of sp³-hybridized carbons (Fsp3) is 0.538. The number of aliphatic hydroxyl groups is 1. The van der Waals surface area contributed by atoms with E-state index in [2.05, 4.69) is 29.2 Å². The zero-order valence-electron chi connectivity index (χ0n) is 9.55. The molecule has 3 heteroatoms. The zero-order valence-corrected chi connectivity index (χ0v) is 9.55. The topological polar surface area (TPSA) is 49.5 Å². The van der Waals surface area contributed by atoms with Crippen molar-refractivity contribution in [3.8, 4) is 0 Å². The van der Waals surface area contributed by atoms with Crippen LogP contribution in [0.15, 0.2) is 30.3 Å². The van der Waals surface area contributed by atoms with Crippen molar-refractivity contribution in [2.45, 2.75) is 31.5 Å². The van der Waals surface area contributed by atoms with Crippen LogP contribution in [0.5, 0.6) is 0 Å². The summed E-state index contributed by atoms with van der Waals surface area (Å²) < 4.78 is 0. The molecule has 3 N–H and O–H groups in total. The van der Waals surface area contributed by atoms with Crippen LogP contribution in [0.1, 0.15) is 18.4 Å². The summed E-state index contributed by atoms with van der Waals surface area (Å²) in [6.07, 6.45) is 1.52. The number of benzene rings is 1. The van der Waals surface area contributed by atoms with Gasteiger partial charge in [-0.3, -0.25) is 4.90 Å². The minimum Gasteiger partial charge on any atom is -0.391 e. The lowest BCUT2D eigenvalue weighted by molar-refractivity contribution is 0.132. The van der Waals surface area contributed by atoms with Gasteiger partial charge in [-0.1, -0.05) is 30.3 Å². The Balaban J connectivity index is 1.95. The summed E-state index contributed by atoms with van der Waals surface area (Å²) in [6.45, 7) is 2.75. The molecule has 0 aliphatic carbocycles. The lowest BCUT2D eigenvalue weighted by Gasteiger charge is -2.23. The summed E-state index contributed by atoms with van der Waals surface area (Å²) in [5.41, 5.74) is 7.24. The molecule has 0 saturated carbocycles. The van der Waals surface area contributed by atoms with Crippen molar-refractivity contribution in [3.63, 3.8) is 0 Å². The molecule has 3 nitrogen and oxygen atoms in total. The van der Waals surface area contributed by atoms with Crippen LogP contribution in [0.4, 0.5) is 0 Å². The molecular formula is C13H20N2O. The molecule has 0 spiro atoms. The number of hydrogen-bond donors (Lipinski definition) is 2. The number of nitrogens with zero attached hydrogens (tertiary/aromatic N) is 1. The van der Waals surface area contributed by atoms with Gasteiger partial charge in [0.2, 0.25) is 0 Å². The Morgan fingerprint density at radius 3 is 2.81 bits per heavy atom. The molecule has 1 aromatic carbocycles. The molecule has 2 atom stereocenters. The highest BCUT2D eigenvalue weighted by atomic mass is 16.3. The molecule has 16 heavy (non-hydrogen) atoms. The summed E-state index contributed by atoms with van der Waals surface area (Å²) in [5, 5.41) is 9.69. The molecule has 0 amide bonds. The monoisotopic (exact) mass is 220 g/mol. The van der Waals surface area contributed by atoms with Gasteiger partial charge in [-0.05, 0) is 24.9 Å². The highest BCUT2D eigenvalue weighted by molar-refractivity contribution is 5.14. The minimum atomic E-state index is -0.333. The summed E-state index contributed by atoms with van der Waals surface area (Å²) in [7, 11) is 0. The van der Waals surface area contributed by atoms with E-state index in [4.69, 9.17) is 5.73 Å². The van der Waals surface area contributed by atoms with E-state index >= 15 is 0 Å². The third-order valence-corrected chi connectivity index (χ3v) is 3.19. The largest absolute Gasteiger partial charge is 0.391 e. The summed E-state index contributed by atoms with van der Waals surface area (Å²) in [5.74, 6) is 0. The lowest BCUT2D eigenvalue weighted by Crippen LogP contribution is -2.42. The number of rotatable bonds is 2. The fourth-order valence-electron chi connectivity index (χ4n) is 2.23. The van der Waals surface area contributed by atoms with Gasteiger partial charge >= 0.3 is 0 Å². The first-order chi connectivity index (χ1) is 7.75. The van der Waals surface area contributed by atoms with Gasteiger partial charge in [-0.25, -0.2) is 0 Å². The maximum Gasteiger partial charge on any atom is 0.0704 e. The smallest absolute Gasteiger partial charge is 0.0704 e. The van der Waals surface area contributed by atoms with Crippen LogP contribution in [0.25, 0.3) is 0 Å². The van der Waals surface area contributed by atoms with Gasteiger partial charge in [0.25, 0.3) is 0 Å². The molecule has 1 aromatic rings. The second-order valence-electron chi connectivity index (χ2n) is 4.59. The molecule has 0 radical (unpaired) electrons. The van der Waals surface area contributed by atoms with E-state index in [0.717, 1.165) is 32.5 Å². The molecule has 0 aromatic heterocycles. The van der Waals surface area contributed by atoms with Crippen molar-refractivity contribution in [2.24, 2.45) is 5.73 Å². The van der Waals surface area contributed by atoms with Gasteiger partial charge in [0.15, 0.2) is 0 Å². The third-order valence-electron chi connectivity index (χ3n) is 3.19. The first-order valence-electron chi connectivity index (χ1n) is 5.95. The van der Waals surface area contributed by atoms with E-state index in [-0.39, 0.29) is 12.1 Å². The zero-order chi connectivity index (χ0) is 11.4. The van der Waals surface area contributed by atoms with Crippen molar-refractivity contribution in [1.82, 2.24) is 4.90 Å². The second-order valence-corrected chi connectivity index (χ2v) is 4.59. The first kappa shape index (κ1) is 11.6. The molecule has 88 valence electrons. The fourth-order valence-corrected chi connectivity index (χ4v) is 2.23. The maximum absolute atomic E-state index is 9.69. The quantitative estimate of drug-likeness (QED) is 0.781. The van der Waals surface area contributed by atoms with Gasteiger partial charge in [-0.15, -0.1) is 0 Å². The minimum absolute atomic E-state index is 0.105. The Bertz CT molecular complexity index is 315. The van der Waals surface area contributed by atoms with Crippen LogP contribution in [0.3, 0.4) is 0 Å². The predicted molar refractivity (Wildman–Crippen MR) is 64.9 cm³/mol. The van der Waals surface area contributed by atoms with Gasteiger partial charge < -0.3 is 10.8 Å². The van der Waals surface area contributed by atoms with Gasteiger partial charge in [0.1, 0.15) is 0 Å². The van der Waals surface area contributed by atoms with Crippen molar-refractivity contribution in [1.29, 1.82) is 0 Å². The average molecular weight is 220 g/mol. The standard InChI is InChI=1S/C13H20N2O/c14-12-10-15(8-4-7-13(12)16)9-11-5-2-1-3-6-11/h1-3,5-6,12-13,16H,4,7-10,14H2/t12-,13+/m0/s1. The van der Waals surface area contributed by atoms with E-state index in [1.54, 1.807) is 0 Å². The highest BCUT2D eigenvalue weighted by Gasteiger charge is 2.22. The van der Waals surface area contributed by atoms with Crippen molar-refractivity contribution >= 4 is 0 Å². The Morgan fingerprint density at radius 1 is 1.31 bits per heavy atom. The number of aliphatic hydroxyl groups excluding tert-OH is 1. The van der Waals surface area contributed by atoms with Crippen LogP contribution in [-0.2, 0) is 6.54 Å². The van der Waals surface area contributed by atoms with Crippen LogP contribution < -0.4 is 5.73 Å². The molecule has 1 aliphatic heterocycles. The molecule has 0 unspecified atom stereocenters. The average Bonchev–Trinajstić information content (AvgIpc) is 2.43. The van der Waals surface area contributed by atoms with Crippen LogP contribution in [0, 0.1) is 0 Å². The third kappa shape index (κ3) is 3.04. The maximum atomic E-state index is 9.69. The molecular weight excluding hydrogens is 200 g/mol. The summed E-state index contributed by atoms with van der Waals surface area (Å²) in [4.78, 5) is 2.33. The van der Waals surface area contributed by atoms with Crippen molar-refractivity contribution in [2.75, 3.05) is 13.1 Å². The van der Waals surface area contributed by atoms with Crippen LogP contribution in [0.2, 0.25) is 0 Å². The number of likely N-dealkylation sites (tertiary alicyclic amines) is 1. The first-order valence-corrected chi connectivity index (χ1v) is 5.95. The Labute approximate surface area is 96.9 Å². The molecule has 2 rings (SSSR count). The number of nitrogens with two attached hydrogens (primary N) is 1.